The van der Waals surface area contributed by atoms with Gasteiger partial charge in [-0.25, -0.2) is 9.07 Å². The van der Waals surface area contributed by atoms with E-state index in [0.29, 0.717) is 22.2 Å². The number of benzene rings is 2. The Hall–Kier alpha value is -3.81. The van der Waals surface area contributed by atoms with Gasteiger partial charge in [0.25, 0.3) is 5.56 Å². The lowest BCUT2D eigenvalue weighted by molar-refractivity contribution is -0.121. The van der Waals surface area contributed by atoms with Crippen molar-refractivity contribution in [1.82, 2.24) is 20.0 Å². The van der Waals surface area contributed by atoms with Crippen LogP contribution in [-0.2, 0) is 4.79 Å². The topological polar surface area (TPSA) is 83.9 Å². The zero-order chi connectivity index (χ0) is 22.1. The first-order valence-corrected chi connectivity index (χ1v) is 10.0. The van der Waals surface area contributed by atoms with Gasteiger partial charge in [-0.2, -0.15) is 0 Å². The molecule has 0 aliphatic heterocycles. The number of pyridine rings is 1. The quantitative estimate of drug-likeness (QED) is 0.531. The van der Waals surface area contributed by atoms with E-state index >= 15 is 0 Å². The van der Waals surface area contributed by atoms with Gasteiger partial charge in [0.15, 0.2) is 0 Å². The Bertz CT molecular complexity index is 1310. The first-order valence-electron chi connectivity index (χ1n) is 10.0. The summed E-state index contributed by atoms with van der Waals surface area (Å²) in [4.78, 5) is 29.2. The van der Waals surface area contributed by atoms with Crippen LogP contribution in [0.5, 0.6) is 0 Å². The molecule has 7 nitrogen and oxygen atoms in total. The highest BCUT2D eigenvalue weighted by Gasteiger charge is 2.17. The van der Waals surface area contributed by atoms with Crippen molar-refractivity contribution < 1.29 is 9.18 Å². The summed E-state index contributed by atoms with van der Waals surface area (Å²) in [6, 6.07) is 13.1. The molecule has 1 amide bonds. The van der Waals surface area contributed by atoms with Crippen LogP contribution < -0.4 is 10.5 Å². The molecule has 0 spiro atoms. The molecule has 0 fully saturated rings. The number of nitrogens with zero attached hydrogens (tertiary/aromatic N) is 4. The van der Waals surface area contributed by atoms with Crippen molar-refractivity contribution in [3.05, 3.63) is 70.9 Å². The fraction of sp³-hybridized carbons (Fsp3) is 0.217. The molecule has 0 radical (unpaired) electrons. The molecule has 0 saturated heterocycles. The van der Waals surface area contributed by atoms with Crippen molar-refractivity contribution in [2.45, 2.75) is 20.3 Å². The zero-order valence-corrected chi connectivity index (χ0v) is 17.5. The molecule has 0 aliphatic rings. The average Bonchev–Trinajstić information content (AvgIpc) is 3.27. The van der Waals surface area contributed by atoms with E-state index in [9.17, 15) is 14.0 Å². The van der Waals surface area contributed by atoms with Gasteiger partial charge in [-0.3, -0.25) is 9.59 Å². The molecule has 4 aromatic rings. The summed E-state index contributed by atoms with van der Waals surface area (Å²) in [6.07, 6.45) is 2.42. The second kappa shape index (κ2) is 8.14. The highest BCUT2D eigenvalue weighted by Crippen LogP contribution is 2.22. The number of nitrogens with one attached hydrogen (secondary N) is 1. The zero-order valence-electron chi connectivity index (χ0n) is 17.5. The number of halogens is 1. The van der Waals surface area contributed by atoms with Crippen LogP contribution in [0.1, 0.15) is 20.3 Å². The SMILES string of the molecule is CC[C@H](C)C(=O)N(C)c1ccc(-n2cc(-c3cc4cc(F)ccc4[nH]c3=O)nn2)cc1. The molecule has 2 aromatic heterocycles. The van der Waals surface area contributed by atoms with E-state index in [1.54, 1.807) is 28.9 Å². The second-order valence-electron chi connectivity index (χ2n) is 7.52. The number of hydrogen-bond donors (Lipinski definition) is 1. The Labute approximate surface area is 178 Å². The van der Waals surface area contributed by atoms with E-state index in [-0.39, 0.29) is 23.2 Å². The Balaban J connectivity index is 1.62. The summed E-state index contributed by atoms with van der Waals surface area (Å²) in [6.45, 7) is 3.89. The van der Waals surface area contributed by atoms with Gasteiger partial charge < -0.3 is 9.88 Å². The van der Waals surface area contributed by atoms with Crippen molar-refractivity contribution in [3.8, 4) is 16.9 Å². The van der Waals surface area contributed by atoms with Crippen molar-refractivity contribution in [2.75, 3.05) is 11.9 Å². The van der Waals surface area contributed by atoms with Gasteiger partial charge in [0.05, 0.1) is 17.4 Å². The molecule has 0 aliphatic carbocycles. The molecule has 31 heavy (non-hydrogen) atoms. The van der Waals surface area contributed by atoms with Crippen molar-refractivity contribution in [2.24, 2.45) is 5.92 Å². The van der Waals surface area contributed by atoms with Crippen LogP contribution in [0, 0.1) is 11.7 Å². The van der Waals surface area contributed by atoms with Crippen LogP contribution in [0.15, 0.2) is 59.5 Å². The molecular weight excluding hydrogens is 397 g/mol. The number of hydrogen-bond acceptors (Lipinski definition) is 4. The Kier molecular flexibility index (Phi) is 5.37. The van der Waals surface area contributed by atoms with Gasteiger partial charge in [0.1, 0.15) is 11.5 Å². The predicted molar refractivity (Wildman–Crippen MR) is 118 cm³/mol. The lowest BCUT2D eigenvalue weighted by Crippen LogP contribution is -2.31. The fourth-order valence-corrected chi connectivity index (χ4v) is 3.34. The monoisotopic (exact) mass is 419 g/mol. The number of rotatable bonds is 5. The molecule has 158 valence electrons. The third-order valence-electron chi connectivity index (χ3n) is 5.44. The van der Waals surface area contributed by atoms with E-state index in [2.05, 4.69) is 15.3 Å². The first-order chi connectivity index (χ1) is 14.9. The maximum Gasteiger partial charge on any atom is 0.258 e. The number of aromatic amines is 1. The summed E-state index contributed by atoms with van der Waals surface area (Å²) < 4.78 is 15.1. The lowest BCUT2D eigenvalue weighted by Gasteiger charge is -2.21. The van der Waals surface area contributed by atoms with Gasteiger partial charge in [-0.05, 0) is 55.0 Å². The molecular formula is C23H22FN5O2. The standard InChI is InChI=1S/C23H22FN5O2/c1-4-14(2)23(31)28(3)17-6-8-18(9-7-17)29-13-21(26-27-29)19-12-15-11-16(24)5-10-20(15)25-22(19)30/h5-14H,4H2,1-3H3,(H,25,30)/t14-/m0/s1. The number of aromatic nitrogens is 4. The van der Waals surface area contributed by atoms with Crippen molar-refractivity contribution in [1.29, 1.82) is 0 Å². The maximum absolute atomic E-state index is 13.6. The van der Waals surface area contributed by atoms with Crippen LogP contribution in [-0.4, -0.2) is 32.9 Å². The Morgan fingerprint density at radius 1 is 1.19 bits per heavy atom. The number of carbonyl (C=O) groups excluding carboxylic acids is 1. The normalized spacial score (nSPS) is 12.1. The molecule has 8 heteroatoms. The third kappa shape index (κ3) is 3.96. The summed E-state index contributed by atoms with van der Waals surface area (Å²) in [5.41, 5.74) is 2.42. The van der Waals surface area contributed by atoms with Crippen LogP contribution in [0.3, 0.4) is 0 Å². The molecule has 2 heterocycles. The highest BCUT2D eigenvalue weighted by atomic mass is 19.1. The summed E-state index contributed by atoms with van der Waals surface area (Å²) >= 11 is 0. The van der Waals surface area contributed by atoms with Crippen molar-refractivity contribution in [3.63, 3.8) is 0 Å². The van der Waals surface area contributed by atoms with Gasteiger partial charge in [0.2, 0.25) is 5.91 Å². The average molecular weight is 419 g/mol. The smallest absolute Gasteiger partial charge is 0.258 e. The molecule has 2 aromatic carbocycles. The lowest BCUT2D eigenvalue weighted by atomic mass is 10.1. The maximum atomic E-state index is 13.6. The number of fused-ring (bicyclic) bond motifs is 1. The first kappa shape index (κ1) is 20.5. The van der Waals surface area contributed by atoms with Crippen LogP contribution in [0.4, 0.5) is 10.1 Å². The molecule has 4 rings (SSSR count). The van der Waals surface area contributed by atoms with Gasteiger partial charge >= 0.3 is 0 Å². The van der Waals surface area contributed by atoms with E-state index < -0.39 is 0 Å². The van der Waals surface area contributed by atoms with E-state index in [4.69, 9.17) is 0 Å². The molecule has 0 unspecified atom stereocenters. The minimum absolute atomic E-state index is 0.0453. The summed E-state index contributed by atoms with van der Waals surface area (Å²) in [5.74, 6) is -0.368. The number of H-pyrrole nitrogens is 1. The van der Waals surface area contributed by atoms with Crippen LogP contribution >= 0.6 is 0 Å². The van der Waals surface area contributed by atoms with Crippen LogP contribution in [0.2, 0.25) is 0 Å². The van der Waals surface area contributed by atoms with Gasteiger partial charge in [0, 0.05) is 29.6 Å². The Morgan fingerprint density at radius 2 is 1.94 bits per heavy atom. The van der Waals surface area contributed by atoms with E-state index in [0.717, 1.165) is 17.8 Å². The predicted octanol–water partition coefficient (Wildman–Crippen LogP) is 3.92. The third-order valence-corrected chi connectivity index (χ3v) is 5.44. The molecule has 0 saturated carbocycles. The van der Waals surface area contributed by atoms with Crippen molar-refractivity contribution >= 4 is 22.5 Å². The molecule has 1 atom stereocenters. The summed E-state index contributed by atoms with van der Waals surface area (Å²) in [5, 5.41) is 8.79. The van der Waals surface area contributed by atoms with Gasteiger partial charge in [-0.15, -0.1) is 5.10 Å². The Morgan fingerprint density at radius 3 is 2.65 bits per heavy atom. The highest BCUT2D eigenvalue weighted by molar-refractivity contribution is 5.94. The second-order valence-corrected chi connectivity index (χ2v) is 7.52. The molecule has 0 bridgehead atoms. The van der Waals surface area contributed by atoms with Crippen LogP contribution in [0.25, 0.3) is 27.8 Å². The van der Waals surface area contributed by atoms with E-state index in [1.165, 1.54) is 18.2 Å². The van der Waals surface area contributed by atoms with E-state index in [1.807, 2.05) is 38.1 Å². The van der Waals surface area contributed by atoms with Gasteiger partial charge in [-0.1, -0.05) is 19.1 Å². The summed E-state index contributed by atoms with van der Waals surface area (Å²) in [7, 11) is 1.76. The molecule has 1 N–H and O–H groups in total. The number of amides is 1. The number of carbonyl (C=O) groups is 1. The number of anilines is 1. The fourth-order valence-electron chi connectivity index (χ4n) is 3.34. The minimum Gasteiger partial charge on any atom is -0.321 e. The largest absolute Gasteiger partial charge is 0.321 e. The minimum atomic E-state index is -0.383.